The molecule has 13 heavy (non-hydrogen) atoms. The van der Waals surface area contributed by atoms with Gasteiger partial charge in [-0.3, -0.25) is 4.79 Å². The van der Waals surface area contributed by atoms with Crippen molar-refractivity contribution in [2.24, 2.45) is 5.92 Å². The second kappa shape index (κ2) is 3.98. The lowest BCUT2D eigenvalue weighted by molar-refractivity contribution is -0.189. The average molecular weight is 196 g/mol. The lowest BCUT2D eigenvalue weighted by atomic mass is 10.1. The van der Waals surface area contributed by atoms with Gasteiger partial charge in [0.2, 0.25) is 0 Å². The summed E-state index contributed by atoms with van der Waals surface area (Å²) in [6, 6.07) is 0. The number of carbonyl (C=O) groups excluding carboxylic acids is 1. The first-order valence-electron chi connectivity index (χ1n) is 4.22. The summed E-state index contributed by atoms with van der Waals surface area (Å²) < 4.78 is 39.0. The lowest BCUT2D eigenvalue weighted by Crippen LogP contribution is -2.23. The SMILES string of the molecule is O=C(OCC(F)(F)F)C1CCCC1. The molecule has 1 fully saturated rings. The fourth-order valence-corrected chi connectivity index (χ4v) is 1.43. The Labute approximate surface area is 74.1 Å². The topological polar surface area (TPSA) is 26.3 Å². The largest absolute Gasteiger partial charge is 0.456 e. The normalized spacial score (nSPS) is 19.0. The molecule has 0 aromatic carbocycles. The highest BCUT2D eigenvalue weighted by Crippen LogP contribution is 2.26. The second-order valence-corrected chi connectivity index (χ2v) is 3.20. The molecular weight excluding hydrogens is 185 g/mol. The van der Waals surface area contributed by atoms with Gasteiger partial charge in [-0.15, -0.1) is 0 Å². The molecule has 0 heterocycles. The second-order valence-electron chi connectivity index (χ2n) is 3.20. The van der Waals surface area contributed by atoms with Gasteiger partial charge in [-0.2, -0.15) is 13.2 Å². The van der Waals surface area contributed by atoms with E-state index >= 15 is 0 Å². The van der Waals surface area contributed by atoms with E-state index in [1.54, 1.807) is 0 Å². The third-order valence-electron chi connectivity index (χ3n) is 2.07. The molecule has 1 aliphatic rings. The van der Waals surface area contributed by atoms with Gasteiger partial charge < -0.3 is 4.74 Å². The maximum atomic E-state index is 11.6. The molecule has 0 amide bonds. The van der Waals surface area contributed by atoms with E-state index in [4.69, 9.17) is 0 Å². The van der Waals surface area contributed by atoms with Crippen LogP contribution < -0.4 is 0 Å². The molecule has 2 nitrogen and oxygen atoms in total. The number of hydrogen-bond acceptors (Lipinski definition) is 2. The number of carbonyl (C=O) groups is 1. The van der Waals surface area contributed by atoms with Crippen LogP contribution in [0.25, 0.3) is 0 Å². The first kappa shape index (κ1) is 10.3. The van der Waals surface area contributed by atoms with Crippen LogP contribution in [0.2, 0.25) is 0 Å². The van der Waals surface area contributed by atoms with Crippen molar-refractivity contribution in [3.8, 4) is 0 Å². The predicted octanol–water partition coefficient (Wildman–Crippen LogP) is 2.28. The molecule has 0 unspecified atom stereocenters. The highest BCUT2D eigenvalue weighted by Gasteiger charge is 2.32. The Balaban J connectivity index is 2.25. The fraction of sp³-hybridized carbons (Fsp3) is 0.875. The molecule has 0 N–H and O–H groups in total. The minimum Gasteiger partial charge on any atom is -0.456 e. The first-order chi connectivity index (χ1) is 5.99. The smallest absolute Gasteiger partial charge is 0.422 e. The number of halogens is 3. The Hall–Kier alpha value is -0.740. The van der Waals surface area contributed by atoms with Gasteiger partial charge in [0.15, 0.2) is 6.61 Å². The first-order valence-corrected chi connectivity index (χ1v) is 4.22. The van der Waals surface area contributed by atoms with Gasteiger partial charge in [-0.25, -0.2) is 0 Å². The third kappa shape index (κ3) is 3.65. The minimum absolute atomic E-state index is 0.303. The Bertz CT molecular complexity index is 182. The summed E-state index contributed by atoms with van der Waals surface area (Å²) in [7, 11) is 0. The summed E-state index contributed by atoms with van der Waals surface area (Å²) >= 11 is 0. The van der Waals surface area contributed by atoms with Crippen molar-refractivity contribution in [2.75, 3.05) is 6.61 Å². The zero-order chi connectivity index (χ0) is 9.90. The van der Waals surface area contributed by atoms with Crippen LogP contribution in [0.1, 0.15) is 25.7 Å². The van der Waals surface area contributed by atoms with Gasteiger partial charge in [0.1, 0.15) is 0 Å². The van der Waals surface area contributed by atoms with E-state index in [0.717, 1.165) is 12.8 Å². The molecule has 0 saturated heterocycles. The molecular formula is C8H11F3O2. The molecule has 5 heteroatoms. The summed E-state index contributed by atoms with van der Waals surface area (Å²) in [4.78, 5) is 11.0. The molecule has 1 rings (SSSR count). The number of rotatable bonds is 2. The highest BCUT2D eigenvalue weighted by molar-refractivity contribution is 5.72. The van der Waals surface area contributed by atoms with Crippen LogP contribution in [-0.4, -0.2) is 18.8 Å². The van der Waals surface area contributed by atoms with Crippen LogP contribution in [0.5, 0.6) is 0 Å². The summed E-state index contributed by atoms with van der Waals surface area (Å²) in [6.07, 6.45) is -1.26. The zero-order valence-corrected chi connectivity index (χ0v) is 7.06. The number of hydrogen-bond donors (Lipinski definition) is 0. The van der Waals surface area contributed by atoms with E-state index in [-0.39, 0.29) is 5.92 Å². The van der Waals surface area contributed by atoms with Crippen molar-refractivity contribution < 1.29 is 22.7 Å². The molecule has 0 aliphatic heterocycles. The van der Waals surface area contributed by atoms with Crippen LogP contribution in [0.4, 0.5) is 13.2 Å². The predicted molar refractivity (Wildman–Crippen MR) is 39.0 cm³/mol. The van der Waals surface area contributed by atoms with Gasteiger partial charge in [0.05, 0.1) is 5.92 Å². The van der Waals surface area contributed by atoms with Crippen molar-refractivity contribution in [2.45, 2.75) is 31.9 Å². The van der Waals surface area contributed by atoms with Gasteiger partial charge >= 0.3 is 12.1 Å². The Morgan fingerprint density at radius 1 is 1.31 bits per heavy atom. The van der Waals surface area contributed by atoms with Crippen molar-refractivity contribution in [1.82, 2.24) is 0 Å². The van der Waals surface area contributed by atoms with Crippen molar-refractivity contribution >= 4 is 5.97 Å². The molecule has 0 spiro atoms. The number of alkyl halides is 3. The van der Waals surface area contributed by atoms with Gasteiger partial charge in [-0.05, 0) is 12.8 Å². The molecule has 0 aromatic rings. The summed E-state index contributed by atoms with van der Waals surface area (Å²) in [5.41, 5.74) is 0. The minimum atomic E-state index is -4.41. The Morgan fingerprint density at radius 3 is 2.31 bits per heavy atom. The van der Waals surface area contributed by atoms with E-state index in [2.05, 4.69) is 4.74 Å². The van der Waals surface area contributed by atoms with Crippen LogP contribution in [-0.2, 0) is 9.53 Å². The molecule has 0 atom stereocenters. The van der Waals surface area contributed by atoms with Crippen LogP contribution in [0.3, 0.4) is 0 Å². The summed E-state index contributed by atoms with van der Waals surface area (Å²) in [5.74, 6) is -1.00. The highest BCUT2D eigenvalue weighted by atomic mass is 19.4. The monoisotopic (exact) mass is 196 g/mol. The molecule has 76 valence electrons. The summed E-state index contributed by atoms with van der Waals surface area (Å²) in [5, 5.41) is 0. The van der Waals surface area contributed by atoms with E-state index in [0.29, 0.717) is 12.8 Å². The average Bonchev–Trinajstić information content (AvgIpc) is 2.50. The van der Waals surface area contributed by atoms with Crippen LogP contribution >= 0.6 is 0 Å². The standard InChI is InChI=1S/C8H11F3O2/c9-8(10,11)5-13-7(12)6-3-1-2-4-6/h6H,1-5H2. The van der Waals surface area contributed by atoms with Crippen molar-refractivity contribution in [3.05, 3.63) is 0 Å². The maximum Gasteiger partial charge on any atom is 0.422 e. The van der Waals surface area contributed by atoms with Gasteiger partial charge in [0, 0.05) is 0 Å². The van der Waals surface area contributed by atoms with E-state index in [1.165, 1.54) is 0 Å². The molecule has 1 saturated carbocycles. The molecule has 0 aromatic heterocycles. The van der Waals surface area contributed by atoms with E-state index in [9.17, 15) is 18.0 Å². The van der Waals surface area contributed by atoms with Crippen LogP contribution in [0.15, 0.2) is 0 Å². The molecule has 0 radical (unpaired) electrons. The zero-order valence-electron chi connectivity index (χ0n) is 7.06. The van der Waals surface area contributed by atoms with Crippen LogP contribution in [0, 0.1) is 5.92 Å². The fourth-order valence-electron chi connectivity index (χ4n) is 1.43. The van der Waals surface area contributed by atoms with Gasteiger partial charge in [-0.1, -0.05) is 12.8 Å². The Morgan fingerprint density at radius 2 is 1.85 bits per heavy atom. The molecule has 0 bridgehead atoms. The van der Waals surface area contributed by atoms with Crippen molar-refractivity contribution in [1.29, 1.82) is 0 Å². The molecule has 1 aliphatic carbocycles. The lowest BCUT2D eigenvalue weighted by Gasteiger charge is -2.10. The third-order valence-corrected chi connectivity index (χ3v) is 2.07. The van der Waals surface area contributed by atoms with E-state index < -0.39 is 18.8 Å². The Kier molecular flexibility index (Phi) is 3.17. The van der Waals surface area contributed by atoms with Crippen molar-refractivity contribution in [3.63, 3.8) is 0 Å². The number of esters is 1. The quantitative estimate of drug-likeness (QED) is 0.633. The van der Waals surface area contributed by atoms with E-state index in [1.807, 2.05) is 0 Å². The maximum absolute atomic E-state index is 11.6. The van der Waals surface area contributed by atoms with Gasteiger partial charge in [0.25, 0.3) is 0 Å². The number of ether oxygens (including phenoxy) is 1. The summed E-state index contributed by atoms with van der Waals surface area (Å²) in [6.45, 7) is -1.46.